The van der Waals surface area contributed by atoms with Gasteiger partial charge < -0.3 is 4.74 Å². The van der Waals surface area contributed by atoms with Crippen LogP contribution in [0.3, 0.4) is 0 Å². The summed E-state index contributed by atoms with van der Waals surface area (Å²) in [5, 5.41) is 14.6. The summed E-state index contributed by atoms with van der Waals surface area (Å²) in [5.74, 6) is 0.621. The Labute approximate surface area is 162 Å². The van der Waals surface area contributed by atoms with Crippen molar-refractivity contribution in [1.82, 2.24) is 5.43 Å². The van der Waals surface area contributed by atoms with Crippen LogP contribution in [0.5, 0.6) is 5.75 Å². The molecule has 0 bridgehead atoms. The predicted octanol–water partition coefficient (Wildman–Crippen LogP) is 4.29. The van der Waals surface area contributed by atoms with Crippen LogP contribution >= 0.6 is 11.6 Å². The number of hydrogen-bond acceptors (Lipinski definition) is 5. The molecule has 0 unspecified atom stereocenters. The quantitative estimate of drug-likeness (QED) is 0.414. The van der Waals surface area contributed by atoms with E-state index < -0.39 is 10.8 Å². The second-order valence-electron chi connectivity index (χ2n) is 5.93. The second kappa shape index (κ2) is 9.68. The number of rotatable bonds is 8. The Morgan fingerprint density at radius 1 is 1.33 bits per heavy atom. The van der Waals surface area contributed by atoms with Gasteiger partial charge in [0.2, 0.25) is 0 Å². The van der Waals surface area contributed by atoms with E-state index in [9.17, 15) is 14.9 Å². The highest BCUT2D eigenvalue weighted by molar-refractivity contribution is 6.32. The van der Waals surface area contributed by atoms with Gasteiger partial charge in [0.15, 0.2) is 6.61 Å². The van der Waals surface area contributed by atoms with Crippen molar-refractivity contribution in [2.75, 3.05) is 6.61 Å². The molecule has 0 saturated carbocycles. The Balaban J connectivity index is 1.85. The maximum Gasteiger partial charge on any atom is 0.288 e. The number of hydrazone groups is 1. The van der Waals surface area contributed by atoms with Crippen LogP contribution in [0.15, 0.2) is 47.6 Å². The number of ether oxygens (including phenoxy) is 1. The monoisotopic (exact) mass is 389 g/mol. The maximum atomic E-state index is 11.8. The Kier molecular flexibility index (Phi) is 7.31. The molecule has 0 radical (unpaired) electrons. The molecule has 7 nitrogen and oxygen atoms in total. The van der Waals surface area contributed by atoms with Gasteiger partial charge >= 0.3 is 0 Å². The number of halogens is 1. The number of benzene rings is 2. The molecule has 0 spiro atoms. The molecule has 8 heteroatoms. The third-order valence-electron chi connectivity index (χ3n) is 4.00. The molecular formula is C19H20ClN3O4. The Hall–Kier alpha value is -2.93. The molecule has 2 aromatic rings. The second-order valence-corrected chi connectivity index (χ2v) is 6.34. The van der Waals surface area contributed by atoms with Crippen molar-refractivity contribution in [3.05, 3.63) is 68.7 Å². The molecular weight excluding hydrogens is 370 g/mol. The normalized spacial score (nSPS) is 12.0. The van der Waals surface area contributed by atoms with E-state index >= 15 is 0 Å². The minimum atomic E-state index is -0.585. The van der Waals surface area contributed by atoms with Gasteiger partial charge in [-0.3, -0.25) is 14.9 Å². The molecule has 0 heterocycles. The van der Waals surface area contributed by atoms with Gasteiger partial charge in [-0.25, -0.2) is 5.43 Å². The fourth-order valence-corrected chi connectivity index (χ4v) is 2.42. The SMILES string of the molecule is CC[C@@H](C)c1ccc(OCC(=O)N/N=C\c2ccc(Cl)c([N+](=O)[O-])c2)cc1. The number of nitro benzene ring substituents is 1. The van der Waals surface area contributed by atoms with Crippen LogP contribution < -0.4 is 10.2 Å². The Morgan fingerprint density at radius 3 is 2.67 bits per heavy atom. The molecule has 1 N–H and O–H groups in total. The molecule has 2 aromatic carbocycles. The van der Waals surface area contributed by atoms with E-state index in [-0.39, 0.29) is 17.3 Å². The summed E-state index contributed by atoms with van der Waals surface area (Å²) in [7, 11) is 0. The third kappa shape index (κ3) is 6.07. The Morgan fingerprint density at radius 2 is 2.04 bits per heavy atom. The highest BCUT2D eigenvalue weighted by Gasteiger charge is 2.12. The molecule has 0 aliphatic carbocycles. The van der Waals surface area contributed by atoms with Gasteiger partial charge in [0.25, 0.3) is 11.6 Å². The van der Waals surface area contributed by atoms with Gasteiger partial charge in [0.1, 0.15) is 10.8 Å². The highest BCUT2D eigenvalue weighted by Crippen LogP contribution is 2.24. The van der Waals surface area contributed by atoms with Crippen LogP contribution in [0, 0.1) is 10.1 Å². The highest BCUT2D eigenvalue weighted by atomic mass is 35.5. The van der Waals surface area contributed by atoms with E-state index in [1.165, 1.54) is 23.9 Å². The zero-order valence-electron chi connectivity index (χ0n) is 15.0. The van der Waals surface area contributed by atoms with Crippen LogP contribution in [0.1, 0.15) is 37.3 Å². The number of carbonyl (C=O) groups is 1. The zero-order chi connectivity index (χ0) is 19.8. The van der Waals surface area contributed by atoms with Crippen molar-refractivity contribution < 1.29 is 14.5 Å². The minimum Gasteiger partial charge on any atom is -0.484 e. The summed E-state index contributed by atoms with van der Waals surface area (Å²) in [5.41, 5.74) is 3.74. The lowest BCUT2D eigenvalue weighted by atomic mass is 9.99. The molecule has 0 fully saturated rings. The lowest BCUT2D eigenvalue weighted by Gasteiger charge is -2.10. The average molecular weight is 390 g/mol. The lowest BCUT2D eigenvalue weighted by Crippen LogP contribution is -2.24. The molecule has 0 aliphatic heterocycles. The van der Waals surface area contributed by atoms with Gasteiger partial charge in [-0.2, -0.15) is 5.10 Å². The van der Waals surface area contributed by atoms with Gasteiger partial charge in [-0.05, 0) is 36.1 Å². The van der Waals surface area contributed by atoms with Crippen LogP contribution in [-0.4, -0.2) is 23.7 Å². The van der Waals surface area contributed by atoms with Crippen LogP contribution in [-0.2, 0) is 4.79 Å². The first-order valence-electron chi connectivity index (χ1n) is 8.39. The van der Waals surface area contributed by atoms with Gasteiger partial charge in [0, 0.05) is 11.6 Å². The summed E-state index contributed by atoms with van der Waals surface area (Å²) >= 11 is 5.74. The van der Waals surface area contributed by atoms with Gasteiger partial charge in [-0.1, -0.05) is 43.6 Å². The van der Waals surface area contributed by atoms with Crippen molar-refractivity contribution in [3.8, 4) is 5.75 Å². The van der Waals surface area contributed by atoms with Crippen LogP contribution in [0.25, 0.3) is 0 Å². The molecule has 142 valence electrons. The van der Waals surface area contributed by atoms with E-state index in [1.807, 2.05) is 24.3 Å². The summed E-state index contributed by atoms with van der Waals surface area (Å²) in [6.07, 6.45) is 2.35. The maximum absolute atomic E-state index is 11.8. The van der Waals surface area contributed by atoms with Gasteiger partial charge in [-0.15, -0.1) is 0 Å². The molecule has 0 saturated heterocycles. The van der Waals surface area contributed by atoms with Crippen LogP contribution in [0.4, 0.5) is 5.69 Å². The smallest absolute Gasteiger partial charge is 0.288 e. The molecule has 1 atom stereocenters. The van der Waals surface area contributed by atoms with E-state index in [4.69, 9.17) is 16.3 Å². The Bertz CT molecular complexity index is 837. The molecule has 1 amide bonds. The number of carbonyl (C=O) groups excluding carboxylic acids is 1. The van der Waals surface area contributed by atoms with E-state index in [1.54, 1.807) is 6.07 Å². The first-order chi connectivity index (χ1) is 12.9. The van der Waals surface area contributed by atoms with E-state index in [0.717, 1.165) is 6.42 Å². The number of amides is 1. The third-order valence-corrected chi connectivity index (χ3v) is 4.32. The van der Waals surface area contributed by atoms with Crippen molar-refractivity contribution in [1.29, 1.82) is 0 Å². The average Bonchev–Trinajstić information content (AvgIpc) is 2.67. The summed E-state index contributed by atoms with van der Waals surface area (Å²) in [6, 6.07) is 11.8. The zero-order valence-corrected chi connectivity index (χ0v) is 15.8. The van der Waals surface area contributed by atoms with Crippen molar-refractivity contribution >= 4 is 29.4 Å². The first-order valence-corrected chi connectivity index (χ1v) is 8.77. The van der Waals surface area contributed by atoms with Crippen molar-refractivity contribution in [2.45, 2.75) is 26.2 Å². The topological polar surface area (TPSA) is 93.8 Å². The largest absolute Gasteiger partial charge is 0.484 e. The van der Waals surface area contributed by atoms with Crippen LogP contribution in [0.2, 0.25) is 5.02 Å². The summed E-state index contributed by atoms with van der Waals surface area (Å²) in [6.45, 7) is 4.08. The number of hydrogen-bond donors (Lipinski definition) is 1. The first kappa shape index (κ1) is 20.4. The molecule has 0 aromatic heterocycles. The number of nitro groups is 1. The van der Waals surface area contributed by atoms with Gasteiger partial charge in [0.05, 0.1) is 11.1 Å². The predicted molar refractivity (Wildman–Crippen MR) is 104 cm³/mol. The fraction of sp³-hybridized carbons (Fsp3) is 0.263. The molecule has 2 rings (SSSR count). The van der Waals surface area contributed by atoms with E-state index in [0.29, 0.717) is 17.2 Å². The van der Waals surface area contributed by atoms with Crippen molar-refractivity contribution in [3.63, 3.8) is 0 Å². The summed E-state index contributed by atoms with van der Waals surface area (Å²) < 4.78 is 5.41. The lowest BCUT2D eigenvalue weighted by molar-refractivity contribution is -0.384. The molecule has 0 aliphatic rings. The minimum absolute atomic E-state index is 0.0361. The number of nitrogens with one attached hydrogen (secondary N) is 1. The van der Waals surface area contributed by atoms with Crippen molar-refractivity contribution in [2.24, 2.45) is 5.10 Å². The fourth-order valence-electron chi connectivity index (χ4n) is 2.24. The number of nitrogens with zero attached hydrogens (tertiary/aromatic N) is 2. The summed E-state index contributed by atoms with van der Waals surface area (Å²) in [4.78, 5) is 22.0. The molecule has 27 heavy (non-hydrogen) atoms. The standard InChI is InChI=1S/C19H20ClN3O4/c1-3-13(2)15-5-7-16(8-6-15)27-12-19(24)22-21-11-14-4-9-17(20)18(10-14)23(25)26/h4-11,13H,3,12H2,1-2H3,(H,22,24)/b21-11-/t13-/m1/s1. The van der Waals surface area contributed by atoms with E-state index in [2.05, 4.69) is 24.4 Å².